The van der Waals surface area contributed by atoms with Crippen LogP contribution < -0.4 is 5.32 Å². The van der Waals surface area contributed by atoms with Gasteiger partial charge in [-0.25, -0.2) is 4.39 Å². The Labute approximate surface area is 121 Å². The molecule has 20 heavy (non-hydrogen) atoms. The zero-order valence-electron chi connectivity index (χ0n) is 12.5. The highest BCUT2D eigenvalue weighted by Crippen LogP contribution is 2.32. The van der Waals surface area contributed by atoms with Crippen LogP contribution in [0.3, 0.4) is 0 Å². The van der Waals surface area contributed by atoms with E-state index in [0.29, 0.717) is 6.04 Å². The number of rotatable bonds is 3. The van der Waals surface area contributed by atoms with Gasteiger partial charge >= 0.3 is 0 Å². The third kappa shape index (κ3) is 2.89. The molecule has 0 amide bonds. The Bertz CT molecular complexity index is 460. The summed E-state index contributed by atoms with van der Waals surface area (Å²) in [4.78, 5) is 2.58. The molecule has 0 saturated carbocycles. The molecule has 2 nitrogen and oxygen atoms in total. The van der Waals surface area contributed by atoms with E-state index < -0.39 is 0 Å². The number of halogens is 1. The molecule has 2 aliphatic heterocycles. The van der Waals surface area contributed by atoms with Gasteiger partial charge in [-0.2, -0.15) is 0 Å². The molecule has 2 atom stereocenters. The Morgan fingerprint density at radius 2 is 1.95 bits per heavy atom. The number of nitrogens with one attached hydrogen (secondary N) is 1. The van der Waals surface area contributed by atoms with Crippen molar-refractivity contribution in [3.05, 3.63) is 35.1 Å². The molecule has 2 fully saturated rings. The lowest BCUT2D eigenvalue weighted by molar-refractivity contribution is 0.0482. The van der Waals surface area contributed by atoms with Gasteiger partial charge in [0.15, 0.2) is 0 Å². The number of nitrogens with zero attached hydrogens (tertiary/aromatic N) is 1. The highest BCUT2D eigenvalue weighted by Gasteiger charge is 2.35. The monoisotopic (exact) mass is 276 g/mol. The van der Waals surface area contributed by atoms with E-state index in [-0.39, 0.29) is 5.82 Å². The van der Waals surface area contributed by atoms with Gasteiger partial charge < -0.3 is 10.2 Å². The minimum absolute atomic E-state index is 0.0930. The average Bonchev–Trinajstić information content (AvgIpc) is 2.41. The van der Waals surface area contributed by atoms with Gasteiger partial charge in [-0.1, -0.05) is 18.6 Å². The van der Waals surface area contributed by atoms with Gasteiger partial charge in [0.05, 0.1) is 0 Å². The lowest BCUT2D eigenvalue weighted by Gasteiger charge is -2.47. The van der Waals surface area contributed by atoms with Crippen molar-refractivity contribution in [3.8, 4) is 0 Å². The zero-order chi connectivity index (χ0) is 14.1. The van der Waals surface area contributed by atoms with Crippen LogP contribution in [0.1, 0.15) is 43.2 Å². The summed E-state index contributed by atoms with van der Waals surface area (Å²) in [5.41, 5.74) is 1.78. The predicted molar refractivity (Wildman–Crippen MR) is 80.2 cm³/mol. The van der Waals surface area contributed by atoms with Crippen molar-refractivity contribution in [1.82, 2.24) is 10.2 Å². The summed E-state index contributed by atoms with van der Waals surface area (Å²) in [6, 6.07) is 7.64. The molecule has 2 bridgehead atoms. The van der Waals surface area contributed by atoms with Crippen LogP contribution in [0.15, 0.2) is 18.2 Å². The van der Waals surface area contributed by atoms with Gasteiger partial charge in [0.2, 0.25) is 0 Å². The molecular weight excluding hydrogens is 251 g/mol. The van der Waals surface area contributed by atoms with Gasteiger partial charge in [-0.3, -0.25) is 0 Å². The topological polar surface area (TPSA) is 15.3 Å². The van der Waals surface area contributed by atoms with E-state index in [0.717, 1.165) is 29.8 Å². The summed E-state index contributed by atoms with van der Waals surface area (Å²) < 4.78 is 13.5. The van der Waals surface area contributed by atoms with Gasteiger partial charge in [-0.15, -0.1) is 0 Å². The molecule has 0 aromatic heterocycles. The second-order valence-electron chi connectivity index (χ2n) is 6.54. The van der Waals surface area contributed by atoms with Gasteiger partial charge in [0.25, 0.3) is 0 Å². The highest BCUT2D eigenvalue weighted by molar-refractivity contribution is 5.23. The lowest BCUT2D eigenvalue weighted by Crippen LogP contribution is -2.54. The fourth-order valence-electron chi connectivity index (χ4n) is 3.79. The Balaban J connectivity index is 1.57. The molecule has 1 aromatic rings. The van der Waals surface area contributed by atoms with Crippen molar-refractivity contribution in [2.75, 3.05) is 7.05 Å². The maximum Gasteiger partial charge on any atom is 0.126 e. The number of piperidine rings is 2. The first-order chi connectivity index (χ1) is 9.63. The molecule has 0 radical (unpaired) electrons. The fourth-order valence-corrected chi connectivity index (χ4v) is 3.79. The molecule has 2 saturated heterocycles. The first kappa shape index (κ1) is 14.0. The van der Waals surface area contributed by atoms with Crippen molar-refractivity contribution in [2.45, 2.75) is 63.7 Å². The Morgan fingerprint density at radius 3 is 2.60 bits per heavy atom. The zero-order valence-corrected chi connectivity index (χ0v) is 12.5. The van der Waals surface area contributed by atoms with Crippen LogP contribution >= 0.6 is 0 Å². The first-order valence-corrected chi connectivity index (χ1v) is 7.84. The van der Waals surface area contributed by atoms with Crippen LogP contribution in [0.2, 0.25) is 0 Å². The van der Waals surface area contributed by atoms with Crippen molar-refractivity contribution < 1.29 is 4.39 Å². The summed E-state index contributed by atoms with van der Waals surface area (Å²) in [7, 11) is 2.28. The third-order valence-corrected chi connectivity index (χ3v) is 5.17. The van der Waals surface area contributed by atoms with Gasteiger partial charge in [0, 0.05) is 24.7 Å². The second kappa shape index (κ2) is 5.82. The predicted octanol–water partition coefficient (Wildman–Crippen LogP) is 3.24. The van der Waals surface area contributed by atoms with Crippen molar-refractivity contribution >= 4 is 0 Å². The highest BCUT2D eigenvalue weighted by atomic mass is 19.1. The van der Waals surface area contributed by atoms with E-state index in [1.165, 1.54) is 32.1 Å². The van der Waals surface area contributed by atoms with Gasteiger partial charge in [0.1, 0.15) is 5.82 Å². The van der Waals surface area contributed by atoms with E-state index in [9.17, 15) is 4.39 Å². The molecule has 3 rings (SSSR count). The van der Waals surface area contributed by atoms with Crippen LogP contribution in [-0.2, 0) is 6.54 Å². The summed E-state index contributed by atoms with van der Waals surface area (Å²) in [5.74, 6) is -0.0930. The van der Waals surface area contributed by atoms with Crippen molar-refractivity contribution in [2.24, 2.45) is 0 Å². The summed E-state index contributed by atoms with van der Waals surface area (Å²) >= 11 is 0. The maximum absolute atomic E-state index is 13.5. The van der Waals surface area contributed by atoms with Crippen molar-refractivity contribution in [1.29, 1.82) is 0 Å². The standard InChI is InChI=1S/C17H25FN2/c1-12-6-7-13(8-17(12)18)11-19-14-9-15-4-3-5-16(10-14)20(15)2/h6-8,14-16,19H,3-5,9-11H2,1-2H3. The number of hydrogen-bond donors (Lipinski definition) is 1. The molecule has 0 aliphatic carbocycles. The van der Waals surface area contributed by atoms with Gasteiger partial charge in [-0.05, 0) is 56.8 Å². The largest absolute Gasteiger partial charge is 0.310 e. The van der Waals surface area contributed by atoms with Crippen LogP contribution in [0.5, 0.6) is 0 Å². The number of hydrogen-bond acceptors (Lipinski definition) is 2. The Morgan fingerprint density at radius 1 is 1.25 bits per heavy atom. The molecule has 1 N–H and O–H groups in total. The minimum atomic E-state index is -0.0930. The maximum atomic E-state index is 13.5. The molecule has 1 aromatic carbocycles. The summed E-state index contributed by atoms with van der Waals surface area (Å²) in [6.07, 6.45) is 6.53. The van der Waals surface area contributed by atoms with E-state index >= 15 is 0 Å². The molecule has 3 heteroatoms. The SMILES string of the molecule is Cc1ccc(CNC2CC3CCCC(C2)N3C)cc1F. The number of fused-ring (bicyclic) bond motifs is 2. The van der Waals surface area contributed by atoms with E-state index in [4.69, 9.17) is 0 Å². The molecule has 0 spiro atoms. The van der Waals surface area contributed by atoms with Crippen LogP contribution in [0.25, 0.3) is 0 Å². The Kier molecular flexibility index (Phi) is 4.08. The van der Waals surface area contributed by atoms with E-state index in [1.807, 2.05) is 19.1 Å². The third-order valence-electron chi connectivity index (χ3n) is 5.17. The fraction of sp³-hybridized carbons (Fsp3) is 0.647. The first-order valence-electron chi connectivity index (χ1n) is 7.84. The van der Waals surface area contributed by atoms with E-state index in [1.54, 1.807) is 6.07 Å². The minimum Gasteiger partial charge on any atom is -0.310 e. The van der Waals surface area contributed by atoms with Crippen LogP contribution in [0.4, 0.5) is 4.39 Å². The lowest BCUT2D eigenvalue weighted by atomic mass is 9.82. The number of benzene rings is 1. The van der Waals surface area contributed by atoms with E-state index in [2.05, 4.69) is 17.3 Å². The Hall–Kier alpha value is -0.930. The average molecular weight is 276 g/mol. The van der Waals surface area contributed by atoms with Crippen molar-refractivity contribution in [3.63, 3.8) is 0 Å². The quantitative estimate of drug-likeness (QED) is 0.912. The molecule has 110 valence electrons. The molecule has 2 aliphatic rings. The normalized spacial score (nSPS) is 30.4. The summed E-state index contributed by atoms with van der Waals surface area (Å²) in [5, 5.41) is 3.64. The van der Waals surface area contributed by atoms with Crippen LogP contribution in [-0.4, -0.2) is 30.1 Å². The molecule has 2 heterocycles. The van der Waals surface area contributed by atoms with Crippen LogP contribution in [0, 0.1) is 12.7 Å². The molecule has 2 unspecified atom stereocenters. The smallest absolute Gasteiger partial charge is 0.126 e. The molecular formula is C17H25FN2. The summed E-state index contributed by atoms with van der Waals surface area (Å²) in [6.45, 7) is 2.59. The second-order valence-corrected chi connectivity index (χ2v) is 6.54. The number of aryl methyl sites for hydroxylation is 1.